The Morgan fingerprint density at radius 1 is 1.37 bits per heavy atom. The number of aryl methyl sites for hydroxylation is 1. The van der Waals surface area contributed by atoms with Gasteiger partial charge in [0.1, 0.15) is 12.1 Å². The van der Waals surface area contributed by atoms with Crippen molar-refractivity contribution in [1.82, 2.24) is 19.9 Å². The van der Waals surface area contributed by atoms with Crippen LogP contribution in [0.4, 0.5) is 5.82 Å². The van der Waals surface area contributed by atoms with Crippen LogP contribution in [0.2, 0.25) is 0 Å². The number of fused-ring (bicyclic) bond motifs is 1. The molecule has 0 atom stereocenters. The van der Waals surface area contributed by atoms with E-state index in [1.165, 1.54) is 5.56 Å². The highest BCUT2D eigenvalue weighted by atomic mass is 16.5. The first kappa shape index (κ1) is 13.8. The summed E-state index contributed by atoms with van der Waals surface area (Å²) >= 11 is 0. The van der Waals surface area contributed by atoms with Gasteiger partial charge in [-0.05, 0) is 24.6 Å². The molecule has 0 radical (unpaired) electrons. The minimum Gasteiger partial charge on any atom is -0.383 e. The highest BCUT2D eigenvalue weighted by Gasteiger charge is 2.08. The molecular weight excluding hydrogens is 242 g/mol. The lowest BCUT2D eigenvalue weighted by atomic mass is 10.3. The molecule has 0 bridgehead atoms. The molecule has 19 heavy (non-hydrogen) atoms. The SMILES string of the molecule is COCCNCCN(C)c1cc(C)cc2ncnn12. The Kier molecular flexibility index (Phi) is 4.70. The van der Waals surface area contributed by atoms with Crippen molar-refractivity contribution in [3.05, 3.63) is 24.0 Å². The first-order valence-corrected chi connectivity index (χ1v) is 6.43. The predicted octanol–water partition coefficient (Wildman–Crippen LogP) is 0.710. The molecule has 104 valence electrons. The summed E-state index contributed by atoms with van der Waals surface area (Å²) in [7, 11) is 3.77. The first-order chi connectivity index (χ1) is 9.22. The fourth-order valence-electron chi connectivity index (χ4n) is 1.97. The summed E-state index contributed by atoms with van der Waals surface area (Å²) in [6.45, 7) is 5.49. The van der Waals surface area contributed by atoms with Gasteiger partial charge in [0.05, 0.1) is 6.61 Å². The van der Waals surface area contributed by atoms with Crippen LogP contribution in [0, 0.1) is 6.92 Å². The van der Waals surface area contributed by atoms with Gasteiger partial charge in [0.2, 0.25) is 0 Å². The molecule has 0 fully saturated rings. The Bertz CT molecular complexity index is 525. The molecule has 0 aliphatic heterocycles. The van der Waals surface area contributed by atoms with Crippen LogP contribution in [0.15, 0.2) is 18.5 Å². The number of nitrogens with one attached hydrogen (secondary N) is 1. The maximum Gasteiger partial charge on any atom is 0.157 e. The van der Waals surface area contributed by atoms with Gasteiger partial charge in [-0.15, -0.1) is 0 Å². The standard InChI is InChI=1S/C13H21N5O/c1-11-8-12-15-10-16-18(12)13(9-11)17(2)6-4-14-5-7-19-3/h8-10,14H,4-7H2,1-3H3. The van der Waals surface area contributed by atoms with Gasteiger partial charge in [0.15, 0.2) is 5.65 Å². The lowest BCUT2D eigenvalue weighted by Crippen LogP contribution is -2.31. The Hall–Kier alpha value is -1.66. The Balaban J connectivity index is 2.00. The molecule has 2 aromatic heterocycles. The van der Waals surface area contributed by atoms with Crippen LogP contribution in [0.25, 0.3) is 5.65 Å². The maximum atomic E-state index is 5.00. The second kappa shape index (κ2) is 6.49. The fraction of sp³-hybridized carbons (Fsp3) is 0.538. The van der Waals surface area contributed by atoms with Crippen molar-refractivity contribution in [2.75, 3.05) is 45.3 Å². The molecule has 2 aromatic rings. The molecule has 0 saturated heterocycles. The Morgan fingerprint density at radius 3 is 3.00 bits per heavy atom. The quantitative estimate of drug-likeness (QED) is 0.746. The van der Waals surface area contributed by atoms with Crippen molar-refractivity contribution in [1.29, 1.82) is 0 Å². The molecule has 6 heteroatoms. The minimum atomic E-state index is 0.738. The predicted molar refractivity (Wildman–Crippen MR) is 75.7 cm³/mol. The molecular formula is C13H21N5O. The molecule has 2 heterocycles. The summed E-state index contributed by atoms with van der Waals surface area (Å²) in [4.78, 5) is 6.41. The topological polar surface area (TPSA) is 54.7 Å². The van der Waals surface area contributed by atoms with Crippen LogP contribution in [-0.2, 0) is 4.74 Å². The molecule has 0 aromatic carbocycles. The summed E-state index contributed by atoms with van der Waals surface area (Å²) in [6.07, 6.45) is 1.59. The zero-order valence-electron chi connectivity index (χ0n) is 11.8. The summed E-state index contributed by atoms with van der Waals surface area (Å²) in [5.74, 6) is 1.06. The van der Waals surface area contributed by atoms with Crippen molar-refractivity contribution in [2.45, 2.75) is 6.92 Å². The van der Waals surface area contributed by atoms with E-state index in [4.69, 9.17) is 4.74 Å². The third kappa shape index (κ3) is 3.42. The summed E-state index contributed by atoms with van der Waals surface area (Å²) in [5, 5.41) is 7.59. The maximum absolute atomic E-state index is 5.00. The van der Waals surface area contributed by atoms with Crippen molar-refractivity contribution < 1.29 is 4.74 Å². The van der Waals surface area contributed by atoms with Gasteiger partial charge in [-0.1, -0.05) is 0 Å². The Labute approximate surface area is 113 Å². The number of rotatable bonds is 7. The van der Waals surface area contributed by atoms with Crippen LogP contribution in [0.3, 0.4) is 0 Å². The van der Waals surface area contributed by atoms with E-state index in [0.29, 0.717) is 0 Å². The van der Waals surface area contributed by atoms with E-state index in [9.17, 15) is 0 Å². The first-order valence-electron chi connectivity index (χ1n) is 6.43. The average molecular weight is 263 g/mol. The molecule has 0 spiro atoms. The summed E-state index contributed by atoms with van der Waals surface area (Å²) < 4.78 is 6.86. The Morgan fingerprint density at radius 2 is 2.21 bits per heavy atom. The molecule has 0 unspecified atom stereocenters. The van der Waals surface area contributed by atoms with Crippen LogP contribution >= 0.6 is 0 Å². The zero-order chi connectivity index (χ0) is 13.7. The third-order valence-electron chi connectivity index (χ3n) is 3.00. The highest BCUT2D eigenvalue weighted by molar-refractivity contribution is 5.52. The highest BCUT2D eigenvalue weighted by Crippen LogP contribution is 2.16. The molecule has 0 aliphatic rings. The van der Waals surface area contributed by atoms with Gasteiger partial charge < -0.3 is 15.0 Å². The number of hydrogen-bond acceptors (Lipinski definition) is 5. The van der Waals surface area contributed by atoms with Crippen molar-refractivity contribution in [3.63, 3.8) is 0 Å². The minimum absolute atomic E-state index is 0.738. The molecule has 0 saturated carbocycles. The number of ether oxygens (including phenoxy) is 1. The van der Waals surface area contributed by atoms with Crippen LogP contribution in [-0.4, -0.2) is 55.0 Å². The lowest BCUT2D eigenvalue weighted by Gasteiger charge is -2.20. The summed E-state index contributed by atoms with van der Waals surface area (Å²) in [6, 6.07) is 4.15. The number of hydrogen-bond donors (Lipinski definition) is 1. The van der Waals surface area contributed by atoms with Crippen LogP contribution in [0.5, 0.6) is 0 Å². The van der Waals surface area contributed by atoms with E-state index in [-0.39, 0.29) is 0 Å². The normalized spacial score (nSPS) is 11.1. The van der Waals surface area contributed by atoms with Crippen molar-refractivity contribution in [2.24, 2.45) is 0 Å². The fourth-order valence-corrected chi connectivity index (χ4v) is 1.97. The van der Waals surface area contributed by atoms with Gasteiger partial charge in [-0.3, -0.25) is 0 Å². The van der Waals surface area contributed by atoms with E-state index in [1.54, 1.807) is 13.4 Å². The van der Waals surface area contributed by atoms with E-state index < -0.39 is 0 Å². The zero-order valence-corrected chi connectivity index (χ0v) is 11.8. The number of anilines is 1. The van der Waals surface area contributed by atoms with Crippen molar-refractivity contribution in [3.8, 4) is 0 Å². The number of methoxy groups -OCH3 is 1. The number of likely N-dealkylation sites (N-methyl/N-ethyl adjacent to an activating group) is 1. The van der Waals surface area contributed by atoms with Gasteiger partial charge in [-0.25, -0.2) is 4.98 Å². The molecule has 1 N–H and O–H groups in total. The number of nitrogens with zero attached hydrogens (tertiary/aromatic N) is 4. The van der Waals surface area contributed by atoms with Gasteiger partial charge >= 0.3 is 0 Å². The molecule has 6 nitrogen and oxygen atoms in total. The molecule has 0 aliphatic carbocycles. The van der Waals surface area contributed by atoms with Gasteiger partial charge in [0.25, 0.3) is 0 Å². The average Bonchev–Trinajstić information content (AvgIpc) is 2.85. The largest absolute Gasteiger partial charge is 0.383 e. The van der Waals surface area contributed by atoms with Crippen LogP contribution in [0.1, 0.15) is 5.56 Å². The smallest absolute Gasteiger partial charge is 0.157 e. The van der Waals surface area contributed by atoms with Gasteiger partial charge in [0, 0.05) is 33.8 Å². The lowest BCUT2D eigenvalue weighted by molar-refractivity contribution is 0.200. The van der Waals surface area contributed by atoms with E-state index in [2.05, 4.69) is 40.3 Å². The molecule has 2 rings (SSSR count). The number of aromatic nitrogens is 3. The van der Waals surface area contributed by atoms with E-state index >= 15 is 0 Å². The van der Waals surface area contributed by atoms with Crippen LogP contribution < -0.4 is 10.2 Å². The monoisotopic (exact) mass is 263 g/mol. The summed E-state index contributed by atoms with van der Waals surface area (Å²) in [5.41, 5.74) is 2.07. The number of pyridine rings is 1. The second-order valence-corrected chi connectivity index (χ2v) is 4.59. The van der Waals surface area contributed by atoms with E-state index in [0.717, 1.165) is 37.7 Å². The third-order valence-corrected chi connectivity index (χ3v) is 3.00. The second-order valence-electron chi connectivity index (χ2n) is 4.59. The van der Waals surface area contributed by atoms with E-state index in [1.807, 2.05) is 10.6 Å². The van der Waals surface area contributed by atoms with Gasteiger partial charge in [-0.2, -0.15) is 9.61 Å². The molecule has 0 amide bonds. The van der Waals surface area contributed by atoms with Crippen molar-refractivity contribution >= 4 is 11.5 Å².